The number of hydrogen-bond acceptors (Lipinski definition) is 3. The van der Waals surface area contributed by atoms with Gasteiger partial charge in [-0.3, -0.25) is 9.59 Å². The number of amides is 2. The van der Waals surface area contributed by atoms with E-state index >= 15 is 0 Å². The van der Waals surface area contributed by atoms with Gasteiger partial charge in [0.05, 0.1) is 18.2 Å². The largest absolute Gasteiger partial charge is 0.352 e. The number of carbonyl (C=O) groups is 2. The van der Waals surface area contributed by atoms with Crippen molar-refractivity contribution in [1.29, 1.82) is 0 Å². The molecule has 0 saturated heterocycles. The zero-order valence-corrected chi connectivity index (χ0v) is 18.7. The summed E-state index contributed by atoms with van der Waals surface area (Å²) in [6, 6.07) is 25.1. The molecule has 0 unspecified atom stereocenters. The summed E-state index contributed by atoms with van der Waals surface area (Å²) in [5.41, 5.74) is 2.84. The summed E-state index contributed by atoms with van der Waals surface area (Å²) in [6.07, 6.45) is 0. The fourth-order valence-corrected chi connectivity index (χ4v) is 5.12. The molecular weight excluding hydrogens is 428 g/mol. The van der Waals surface area contributed by atoms with Crippen molar-refractivity contribution in [2.75, 3.05) is 4.90 Å². The number of fused-ring (bicyclic) bond motifs is 1. The van der Waals surface area contributed by atoms with Gasteiger partial charge in [0.1, 0.15) is 5.25 Å². The van der Waals surface area contributed by atoms with Crippen molar-refractivity contribution >= 4 is 40.9 Å². The molecule has 4 nitrogen and oxygen atoms in total. The highest BCUT2D eigenvalue weighted by Crippen LogP contribution is 2.42. The van der Waals surface area contributed by atoms with Gasteiger partial charge in [-0.1, -0.05) is 73.1 Å². The number of para-hydroxylation sites is 1. The standard InChI is InChI=1S/C25H23ClN2O2S/c1-17(24(29)27-15-18-8-3-2-4-9-18)23-25(30)28(16-19-10-7-11-20(26)14-19)21-12-5-6-13-22(21)31-23/h2-14,17,23H,15-16H2,1H3,(H,27,29)/t17-,23+/m0/s1. The fourth-order valence-electron chi connectivity index (χ4n) is 3.62. The van der Waals surface area contributed by atoms with E-state index in [-0.39, 0.29) is 11.8 Å². The summed E-state index contributed by atoms with van der Waals surface area (Å²) in [7, 11) is 0. The van der Waals surface area contributed by atoms with Crippen LogP contribution in [-0.2, 0) is 22.7 Å². The molecule has 158 valence electrons. The topological polar surface area (TPSA) is 49.4 Å². The highest BCUT2D eigenvalue weighted by molar-refractivity contribution is 8.01. The number of halogens is 1. The van der Waals surface area contributed by atoms with Crippen molar-refractivity contribution < 1.29 is 9.59 Å². The van der Waals surface area contributed by atoms with Crippen LogP contribution in [0.1, 0.15) is 18.1 Å². The number of nitrogens with zero attached hydrogens (tertiary/aromatic N) is 1. The lowest BCUT2D eigenvalue weighted by Crippen LogP contribution is -2.47. The minimum Gasteiger partial charge on any atom is -0.352 e. The Balaban J connectivity index is 1.54. The lowest BCUT2D eigenvalue weighted by Gasteiger charge is -2.35. The average Bonchev–Trinajstić information content (AvgIpc) is 2.79. The number of benzene rings is 3. The van der Waals surface area contributed by atoms with Crippen LogP contribution in [0.2, 0.25) is 5.02 Å². The van der Waals surface area contributed by atoms with Crippen molar-refractivity contribution in [1.82, 2.24) is 5.32 Å². The van der Waals surface area contributed by atoms with Gasteiger partial charge in [-0.15, -0.1) is 11.8 Å². The first-order valence-electron chi connectivity index (χ1n) is 10.2. The first kappa shape index (κ1) is 21.5. The monoisotopic (exact) mass is 450 g/mol. The van der Waals surface area contributed by atoms with E-state index in [1.165, 1.54) is 11.8 Å². The molecule has 1 aliphatic heterocycles. The number of hydrogen-bond donors (Lipinski definition) is 1. The van der Waals surface area contributed by atoms with Crippen LogP contribution in [0, 0.1) is 5.92 Å². The van der Waals surface area contributed by atoms with Crippen molar-refractivity contribution in [3.63, 3.8) is 0 Å². The molecule has 0 bridgehead atoms. The summed E-state index contributed by atoms with van der Waals surface area (Å²) in [4.78, 5) is 29.1. The highest BCUT2D eigenvalue weighted by Gasteiger charge is 2.39. The van der Waals surface area contributed by atoms with Gasteiger partial charge in [0.15, 0.2) is 0 Å². The van der Waals surface area contributed by atoms with E-state index in [4.69, 9.17) is 11.6 Å². The summed E-state index contributed by atoms with van der Waals surface area (Å²) >= 11 is 7.61. The Morgan fingerprint density at radius 3 is 2.52 bits per heavy atom. The molecule has 0 spiro atoms. The molecule has 0 aliphatic carbocycles. The van der Waals surface area contributed by atoms with E-state index in [2.05, 4.69) is 5.32 Å². The van der Waals surface area contributed by atoms with Crippen LogP contribution in [-0.4, -0.2) is 17.1 Å². The summed E-state index contributed by atoms with van der Waals surface area (Å²) < 4.78 is 0. The maximum atomic E-state index is 13.5. The second kappa shape index (κ2) is 9.58. The highest BCUT2D eigenvalue weighted by atomic mass is 35.5. The molecule has 3 aromatic carbocycles. The minimum atomic E-state index is -0.496. The lowest BCUT2D eigenvalue weighted by molar-refractivity contribution is -0.128. The third kappa shape index (κ3) is 4.94. The number of carbonyl (C=O) groups excluding carboxylic acids is 2. The van der Waals surface area contributed by atoms with E-state index in [0.29, 0.717) is 18.1 Å². The zero-order chi connectivity index (χ0) is 21.8. The van der Waals surface area contributed by atoms with Gasteiger partial charge in [-0.2, -0.15) is 0 Å². The molecule has 3 aromatic rings. The van der Waals surface area contributed by atoms with Gasteiger partial charge in [-0.25, -0.2) is 0 Å². The van der Waals surface area contributed by atoms with E-state index in [0.717, 1.165) is 21.7 Å². The van der Waals surface area contributed by atoms with Crippen molar-refractivity contribution in [2.24, 2.45) is 5.92 Å². The Morgan fingerprint density at radius 1 is 1.03 bits per heavy atom. The molecule has 0 radical (unpaired) electrons. The minimum absolute atomic E-state index is 0.0639. The van der Waals surface area contributed by atoms with Crippen LogP contribution in [0.25, 0.3) is 0 Å². The van der Waals surface area contributed by atoms with Crippen molar-refractivity contribution in [3.05, 3.63) is 95.0 Å². The Kier molecular flexibility index (Phi) is 6.64. The normalized spacial score (nSPS) is 16.5. The second-order valence-corrected chi connectivity index (χ2v) is 9.17. The third-order valence-electron chi connectivity index (χ3n) is 5.33. The molecule has 31 heavy (non-hydrogen) atoms. The Bertz CT molecular complexity index is 1090. The summed E-state index contributed by atoms with van der Waals surface area (Å²) in [5, 5.41) is 3.11. The second-order valence-electron chi connectivity index (χ2n) is 7.55. The molecular formula is C25H23ClN2O2S. The molecule has 0 saturated carbocycles. The van der Waals surface area contributed by atoms with Crippen LogP contribution in [0.15, 0.2) is 83.8 Å². The predicted molar refractivity (Wildman–Crippen MR) is 126 cm³/mol. The van der Waals surface area contributed by atoms with E-state index in [1.807, 2.05) is 85.8 Å². The summed E-state index contributed by atoms with van der Waals surface area (Å²) in [5.74, 6) is -0.667. The van der Waals surface area contributed by atoms with Crippen LogP contribution >= 0.6 is 23.4 Å². The van der Waals surface area contributed by atoms with Gasteiger partial charge in [0, 0.05) is 16.5 Å². The van der Waals surface area contributed by atoms with Crippen molar-refractivity contribution in [2.45, 2.75) is 30.2 Å². The average molecular weight is 451 g/mol. The third-order valence-corrected chi connectivity index (χ3v) is 7.02. The van der Waals surface area contributed by atoms with Gasteiger partial charge in [0.25, 0.3) is 0 Å². The van der Waals surface area contributed by atoms with Gasteiger partial charge in [0.2, 0.25) is 11.8 Å². The van der Waals surface area contributed by atoms with Crippen LogP contribution < -0.4 is 10.2 Å². The number of rotatable bonds is 6. The predicted octanol–water partition coefficient (Wildman–Crippen LogP) is 5.30. The van der Waals surface area contributed by atoms with E-state index in [9.17, 15) is 9.59 Å². The lowest BCUT2D eigenvalue weighted by atomic mass is 10.0. The molecule has 0 fully saturated rings. The molecule has 1 N–H and O–H groups in total. The van der Waals surface area contributed by atoms with Gasteiger partial charge < -0.3 is 10.2 Å². The smallest absolute Gasteiger partial charge is 0.241 e. The first-order valence-corrected chi connectivity index (χ1v) is 11.4. The first-order chi connectivity index (χ1) is 15.0. The molecule has 1 heterocycles. The van der Waals surface area contributed by atoms with Gasteiger partial charge >= 0.3 is 0 Å². The van der Waals surface area contributed by atoms with Crippen LogP contribution in [0.4, 0.5) is 5.69 Å². The SMILES string of the molecule is C[C@H](C(=O)NCc1ccccc1)[C@H]1Sc2ccccc2N(Cc2cccc(Cl)c2)C1=O. The molecule has 1 aliphatic rings. The summed E-state index contributed by atoms with van der Waals surface area (Å²) in [6.45, 7) is 2.67. The van der Waals surface area contributed by atoms with Crippen LogP contribution in [0.3, 0.4) is 0 Å². The molecule has 4 rings (SSSR count). The molecule has 0 aromatic heterocycles. The van der Waals surface area contributed by atoms with E-state index in [1.54, 1.807) is 4.90 Å². The van der Waals surface area contributed by atoms with Crippen molar-refractivity contribution in [3.8, 4) is 0 Å². The Hall–Kier alpha value is -2.76. The Labute approximate surface area is 191 Å². The number of nitrogens with one attached hydrogen (secondary N) is 1. The Morgan fingerprint density at radius 2 is 1.74 bits per heavy atom. The number of anilines is 1. The molecule has 2 amide bonds. The van der Waals surface area contributed by atoms with Crippen LogP contribution in [0.5, 0.6) is 0 Å². The molecule has 6 heteroatoms. The maximum Gasteiger partial charge on any atom is 0.241 e. The van der Waals surface area contributed by atoms with E-state index < -0.39 is 11.2 Å². The van der Waals surface area contributed by atoms with Gasteiger partial charge in [-0.05, 0) is 35.4 Å². The number of thioether (sulfide) groups is 1. The maximum absolute atomic E-state index is 13.5. The quantitative estimate of drug-likeness (QED) is 0.554. The fraction of sp³-hybridized carbons (Fsp3) is 0.200. The zero-order valence-electron chi connectivity index (χ0n) is 17.1. The molecule has 2 atom stereocenters.